The third kappa shape index (κ3) is 1.38. The van der Waals surface area contributed by atoms with Gasteiger partial charge in [0.2, 0.25) is 0 Å². The molecular formula is C8H7NO2S2. The highest BCUT2D eigenvalue weighted by atomic mass is 32.2. The first kappa shape index (κ1) is 8.77. The van der Waals surface area contributed by atoms with E-state index in [4.69, 9.17) is 5.11 Å². The number of anilines is 1. The first-order chi connectivity index (χ1) is 6.20. The zero-order valence-corrected chi connectivity index (χ0v) is 8.26. The predicted molar refractivity (Wildman–Crippen MR) is 55.2 cm³/mol. The molecule has 1 aliphatic rings. The minimum atomic E-state index is -0.865. The van der Waals surface area contributed by atoms with Crippen molar-refractivity contribution < 1.29 is 9.90 Å². The number of carboxylic acids is 1. The van der Waals surface area contributed by atoms with Gasteiger partial charge in [-0.2, -0.15) is 0 Å². The fraction of sp³-hybridized carbons (Fsp3) is 0.125. The maximum absolute atomic E-state index is 10.8. The van der Waals surface area contributed by atoms with Crippen LogP contribution in [0, 0.1) is 0 Å². The largest absolute Gasteiger partial charge is 0.479 e. The topological polar surface area (TPSA) is 40.5 Å². The number of fused-ring (bicyclic) bond motifs is 1. The Balaban J connectivity index is 2.38. The van der Waals surface area contributed by atoms with Gasteiger partial charge in [0.05, 0.1) is 5.69 Å². The van der Waals surface area contributed by atoms with E-state index in [1.54, 1.807) is 0 Å². The van der Waals surface area contributed by atoms with Gasteiger partial charge in [0.15, 0.2) is 5.37 Å². The molecule has 5 heteroatoms. The summed E-state index contributed by atoms with van der Waals surface area (Å²) in [6.45, 7) is 0. The third-order valence-electron chi connectivity index (χ3n) is 1.78. The summed E-state index contributed by atoms with van der Waals surface area (Å²) < 4.78 is 1.47. The minimum absolute atomic E-state index is 0.610. The molecule has 13 heavy (non-hydrogen) atoms. The summed E-state index contributed by atoms with van der Waals surface area (Å²) in [7, 11) is 0. The maximum atomic E-state index is 10.8. The second-order valence-corrected chi connectivity index (χ2v) is 4.17. The third-order valence-corrected chi connectivity index (χ3v) is 3.62. The summed E-state index contributed by atoms with van der Waals surface area (Å²) in [6, 6.07) is 7.51. The minimum Gasteiger partial charge on any atom is -0.479 e. The van der Waals surface area contributed by atoms with Crippen molar-refractivity contribution in [3.05, 3.63) is 24.3 Å². The van der Waals surface area contributed by atoms with E-state index in [-0.39, 0.29) is 0 Å². The van der Waals surface area contributed by atoms with Crippen LogP contribution in [0.15, 0.2) is 29.2 Å². The summed E-state index contributed by atoms with van der Waals surface area (Å²) in [5.74, 6) is -0.865. The summed E-state index contributed by atoms with van der Waals surface area (Å²) in [6.07, 6.45) is 0. The molecule has 0 aromatic heterocycles. The number of nitrogens with zero attached hydrogens (tertiary/aromatic N) is 1. The van der Waals surface area contributed by atoms with Crippen molar-refractivity contribution in [1.82, 2.24) is 0 Å². The molecule has 1 N–H and O–H groups in total. The van der Waals surface area contributed by atoms with E-state index >= 15 is 0 Å². The molecule has 0 saturated heterocycles. The number of hydrogen-bond donors (Lipinski definition) is 2. The van der Waals surface area contributed by atoms with Crippen LogP contribution in [0.3, 0.4) is 0 Å². The van der Waals surface area contributed by atoms with Crippen molar-refractivity contribution in [2.75, 3.05) is 4.31 Å². The fourth-order valence-electron chi connectivity index (χ4n) is 1.20. The summed E-state index contributed by atoms with van der Waals surface area (Å²) in [5, 5.41) is 8.23. The maximum Gasteiger partial charge on any atom is 0.338 e. The van der Waals surface area contributed by atoms with E-state index in [0.29, 0.717) is 0 Å². The van der Waals surface area contributed by atoms with Gasteiger partial charge in [0.1, 0.15) is 0 Å². The number of para-hydroxylation sites is 1. The van der Waals surface area contributed by atoms with Crippen molar-refractivity contribution in [2.24, 2.45) is 0 Å². The fourth-order valence-corrected chi connectivity index (χ4v) is 2.68. The van der Waals surface area contributed by atoms with Crippen LogP contribution >= 0.6 is 24.6 Å². The van der Waals surface area contributed by atoms with Crippen LogP contribution in [0.1, 0.15) is 0 Å². The van der Waals surface area contributed by atoms with Crippen molar-refractivity contribution in [2.45, 2.75) is 10.3 Å². The highest BCUT2D eigenvalue weighted by Gasteiger charge is 2.33. The standard InChI is InChI=1S/C8H7NO2S2/c10-8(11)7-9(12)5-3-1-2-4-6(5)13-7/h1-4,7,12H,(H,10,11). The van der Waals surface area contributed by atoms with Crippen LogP contribution in [-0.2, 0) is 4.79 Å². The van der Waals surface area contributed by atoms with Gasteiger partial charge in [-0.25, -0.2) is 4.79 Å². The Morgan fingerprint density at radius 1 is 1.54 bits per heavy atom. The van der Waals surface area contributed by atoms with Gasteiger partial charge in [-0.1, -0.05) is 36.7 Å². The predicted octanol–water partition coefficient (Wildman–Crippen LogP) is 1.85. The molecule has 0 radical (unpaired) electrons. The van der Waals surface area contributed by atoms with Gasteiger partial charge < -0.3 is 5.11 Å². The van der Waals surface area contributed by atoms with Crippen molar-refractivity contribution in [3.63, 3.8) is 0 Å². The number of hydrogen-bond acceptors (Lipinski definition) is 4. The van der Waals surface area contributed by atoms with Gasteiger partial charge >= 0.3 is 5.97 Å². The van der Waals surface area contributed by atoms with Crippen LogP contribution < -0.4 is 4.31 Å². The molecule has 0 spiro atoms. The number of benzene rings is 1. The molecule has 0 bridgehead atoms. The van der Waals surface area contributed by atoms with E-state index in [1.165, 1.54) is 16.1 Å². The Labute approximate surface area is 85.3 Å². The Bertz CT molecular complexity index is 356. The van der Waals surface area contributed by atoms with Gasteiger partial charge in [0, 0.05) is 4.90 Å². The first-order valence-electron chi connectivity index (χ1n) is 3.67. The quantitative estimate of drug-likeness (QED) is 0.699. The molecule has 1 unspecified atom stereocenters. The summed E-state index contributed by atoms with van der Waals surface area (Å²) in [4.78, 5) is 11.7. The number of aliphatic carboxylic acids is 1. The van der Waals surface area contributed by atoms with E-state index in [0.717, 1.165) is 10.6 Å². The average molecular weight is 213 g/mol. The molecule has 2 rings (SSSR count). The lowest BCUT2D eigenvalue weighted by atomic mass is 10.3. The van der Waals surface area contributed by atoms with Crippen molar-refractivity contribution in [3.8, 4) is 0 Å². The first-order valence-corrected chi connectivity index (χ1v) is 4.95. The summed E-state index contributed by atoms with van der Waals surface area (Å²) in [5.41, 5.74) is 0.864. The highest BCUT2D eigenvalue weighted by molar-refractivity contribution is 8.02. The lowest BCUT2D eigenvalue weighted by molar-refractivity contribution is -0.136. The van der Waals surface area contributed by atoms with E-state index in [2.05, 4.69) is 12.8 Å². The molecular weight excluding hydrogens is 206 g/mol. The van der Waals surface area contributed by atoms with Gasteiger partial charge in [-0.15, -0.1) is 0 Å². The van der Waals surface area contributed by atoms with Gasteiger partial charge in [0.25, 0.3) is 0 Å². The lowest BCUT2D eigenvalue weighted by Crippen LogP contribution is -2.27. The highest BCUT2D eigenvalue weighted by Crippen LogP contribution is 2.43. The molecule has 1 heterocycles. The number of thiol groups is 1. The molecule has 1 aromatic carbocycles. The van der Waals surface area contributed by atoms with Crippen LogP contribution in [0.2, 0.25) is 0 Å². The molecule has 0 saturated carbocycles. The Hall–Kier alpha value is -0.810. The molecule has 3 nitrogen and oxygen atoms in total. The SMILES string of the molecule is O=C(O)C1Sc2ccccc2N1S. The number of carboxylic acid groups (broad SMARTS) is 1. The number of rotatable bonds is 1. The molecule has 0 amide bonds. The molecule has 1 atom stereocenters. The number of thioether (sulfide) groups is 1. The Kier molecular flexibility index (Phi) is 2.13. The molecule has 1 aromatic rings. The van der Waals surface area contributed by atoms with E-state index < -0.39 is 11.3 Å². The zero-order chi connectivity index (χ0) is 9.42. The lowest BCUT2D eigenvalue weighted by Gasteiger charge is -2.14. The van der Waals surface area contributed by atoms with Gasteiger partial charge in [-0.3, -0.25) is 4.31 Å². The van der Waals surface area contributed by atoms with E-state index in [9.17, 15) is 4.79 Å². The second kappa shape index (κ2) is 3.16. The Morgan fingerprint density at radius 3 is 2.85 bits per heavy atom. The summed E-state index contributed by atoms with van der Waals surface area (Å²) >= 11 is 5.44. The zero-order valence-electron chi connectivity index (χ0n) is 6.54. The molecule has 0 aliphatic carbocycles. The van der Waals surface area contributed by atoms with Gasteiger partial charge in [-0.05, 0) is 12.1 Å². The van der Waals surface area contributed by atoms with Crippen LogP contribution in [0.25, 0.3) is 0 Å². The molecule has 1 aliphatic heterocycles. The monoisotopic (exact) mass is 213 g/mol. The molecule has 68 valence electrons. The Morgan fingerprint density at radius 2 is 2.23 bits per heavy atom. The average Bonchev–Trinajstić information content (AvgIpc) is 2.45. The second-order valence-electron chi connectivity index (χ2n) is 2.62. The van der Waals surface area contributed by atoms with Crippen LogP contribution in [-0.4, -0.2) is 16.4 Å². The van der Waals surface area contributed by atoms with Crippen LogP contribution in [0.5, 0.6) is 0 Å². The van der Waals surface area contributed by atoms with Crippen LogP contribution in [0.4, 0.5) is 5.69 Å². The molecule has 0 fully saturated rings. The van der Waals surface area contributed by atoms with E-state index in [1.807, 2.05) is 24.3 Å². The van der Waals surface area contributed by atoms with Crippen molar-refractivity contribution in [1.29, 1.82) is 0 Å². The number of carbonyl (C=O) groups is 1. The smallest absolute Gasteiger partial charge is 0.338 e. The normalized spacial score (nSPS) is 20.1. The van der Waals surface area contributed by atoms with Crippen molar-refractivity contribution >= 4 is 36.2 Å².